The highest BCUT2D eigenvalue weighted by Crippen LogP contribution is 2.27. The predicted molar refractivity (Wildman–Crippen MR) is 118 cm³/mol. The van der Waals surface area contributed by atoms with E-state index in [0.29, 0.717) is 43.3 Å². The van der Waals surface area contributed by atoms with Gasteiger partial charge in [0.1, 0.15) is 16.3 Å². The van der Waals surface area contributed by atoms with Gasteiger partial charge in [0.2, 0.25) is 0 Å². The van der Waals surface area contributed by atoms with Gasteiger partial charge in [-0.05, 0) is 26.2 Å². The highest BCUT2D eigenvalue weighted by atomic mass is 32.1. The molecule has 0 bridgehead atoms. The molecular formula is C20H25N7O3S. The molecule has 3 aromatic rings. The SMILES string of the molecule is CC[C@@H](C)Nc1cc(C(=O)N2CCC(NC(=O)O)CC2)nc(-c2cnn3ccsc23)n1. The van der Waals surface area contributed by atoms with Gasteiger partial charge in [0, 0.05) is 42.8 Å². The minimum atomic E-state index is -1.04. The average Bonchev–Trinajstić information content (AvgIpc) is 3.37. The summed E-state index contributed by atoms with van der Waals surface area (Å²) >= 11 is 1.54. The van der Waals surface area contributed by atoms with E-state index in [4.69, 9.17) is 5.11 Å². The minimum absolute atomic E-state index is 0.135. The van der Waals surface area contributed by atoms with Crippen LogP contribution in [0.25, 0.3) is 16.2 Å². The van der Waals surface area contributed by atoms with Gasteiger partial charge >= 0.3 is 6.09 Å². The topological polar surface area (TPSA) is 125 Å². The summed E-state index contributed by atoms with van der Waals surface area (Å²) in [5.74, 6) is 0.872. The molecule has 1 fully saturated rings. The van der Waals surface area contributed by atoms with Gasteiger partial charge in [0.25, 0.3) is 5.91 Å². The maximum atomic E-state index is 13.2. The van der Waals surface area contributed by atoms with Crippen LogP contribution in [0.4, 0.5) is 10.6 Å². The number of rotatable bonds is 6. The molecule has 0 spiro atoms. The van der Waals surface area contributed by atoms with Gasteiger partial charge in [-0.2, -0.15) is 5.10 Å². The lowest BCUT2D eigenvalue weighted by atomic mass is 10.0. The molecule has 2 amide bonds. The molecule has 1 aliphatic rings. The molecule has 0 unspecified atom stereocenters. The molecule has 164 valence electrons. The quantitative estimate of drug-likeness (QED) is 0.535. The Morgan fingerprint density at radius 2 is 2.10 bits per heavy atom. The molecule has 1 atom stereocenters. The van der Waals surface area contributed by atoms with Crippen molar-refractivity contribution in [1.82, 2.24) is 29.8 Å². The summed E-state index contributed by atoms with van der Waals surface area (Å²) in [5, 5.41) is 21.0. The maximum absolute atomic E-state index is 13.2. The number of piperidine rings is 1. The molecule has 4 heterocycles. The zero-order chi connectivity index (χ0) is 22.0. The Morgan fingerprint density at radius 1 is 1.32 bits per heavy atom. The van der Waals surface area contributed by atoms with Crippen molar-refractivity contribution in [2.45, 2.75) is 45.2 Å². The number of carbonyl (C=O) groups is 2. The number of hydrogen-bond donors (Lipinski definition) is 3. The molecule has 0 aliphatic carbocycles. The summed E-state index contributed by atoms with van der Waals surface area (Å²) in [5.41, 5.74) is 1.09. The van der Waals surface area contributed by atoms with Crippen molar-refractivity contribution in [3.05, 3.63) is 29.5 Å². The van der Waals surface area contributed by atoms with E-state index >= 15 is 0 Å². The summed E-state index contributed by atoms with van der Waals surface area (Å²) in [7, 11) is 0. The number of amides is 2. The third kappa shape index (κ3) is 4.61. The third-order valence-corrected chi connectivity index (χ3v) is 6.32. The Labute approximate surface area is 183 Å². The molecule has 0 saturated carbocycles. The fourth-order valence-corrected chi connectivity index (χ4v) is 4.34. The summed E-state index contributed by atoms with van der Waals surface area (Å²) in [6.45, 7) is 5.08. The Morgan fingerprint density at radius 3 is 2.81 bits per heavy atom. The normalized spacial score (nSPS) is 15.7. The molecule has 1 saturated heterocycles. The van der Waals surface area contributed by atoms with Gasteiger partial charge in [0.15, 0.2) is 5.82 Å². The van der Waals surface area contributed by atoms with Crippen LogP contribution in [0.15, 0.2) is 23.8 Å². The Balaban J connectivity index is 1.62. The summed E-state index contributed by atoms with van der Waals surface area (Å²) in [6, 6.07) is 1.75. The first-order valence-electron chi connectivity index (χ1n) is 10.3. The molecule has 1 aliphatic heterocycles. The number of likely N-dealkylation sites (tertiary alicyclic amines) is 1. The van der Waals surface area contributed by atoms with E-state index in [1.165, 1.54) is 11.3 Å². The summed E-state index contributed by atoms with van der Waals surface area (Å²) in [6.07, 6.45) is 4.61. The van der Waals surface area contributed by atoms with Crippen LogP contribution in [0.3, 0.4) is 0 Å². The molecule has 0 radical (unpaired) electrons. The largest absolute Gasteiger partial charge is 0.465 e. The van der Waals surface area contributed by atoms with Crippen molar-refractivity contribution < 1.29 is 14.7 Å². The minimum Gasteiger partial charge on any atom is -0.465 e. The van der Waals surface area contributed by atoms with E-state index in [2.05, 4.69) is 39.5 Å². The number of carboxylic acid groups (broad SMARTS) is 1. The first kappa shape index (κ1) is 21.0. The number of nitrogens with zero attached hydrogens (tertiary/aromatic N) is 5. The van der Waals surface area contributed by atoms with Crippen molar-refractivity contribution in [3.8, 4) is 11.4 Å². The first-order valence-corrected chi connectivity index (χ1v) is 11.2. The summed E-state index contributed by atoms with van der Waals surface area (Å²) in [4.78, 5) is 36.0. The number of nitrogens with one attached hydrogen (secondary N) is 2. The number of hydrogen-bond acceptors (Lipinski definition) is 7. The lowest BCUT2D eigenvalue weighted by Gasteiger charge is -2.31. The lowest BCUT2D eigenvalue weighted by Crippen LogP contribution is -2.46. The van der Waals surface area contributed by atoms with E-state index in [9.17, 15) is 9.59 Å². The maximum Gasteiger partial charge on any atom is 0.404 e. The molecule has 3 aromatic heterocycles. The van der Waals surface area contributed by atoms with Gasteiger partial charge < -0.3 is 20.6 Å². The zero-order valence-corrected chi connectivity index (χ0v) is 18.2. The number of carbonyl (C=O) groups excluding carboxylic acids is 1. The predicted octanol–water partition coefficient (Wildman–Crippen LogP) is 2.94. The second-order valence-corrected chi connectivity index (χ2v) is 8.54. The molecule has 0 aromatic carbocycles. The number of thiazole rings is 1. The molecule has 10 nitrogen and oxygen atoms in total. The van der Waals surface area contributed by atoms with Gasteiger partial charge in [-0.1, -0.05) is 6.92 Å². The van der Waals surface area contributed by atoms with E-state index in [1.807, 2.05) is 11.6 Å². The number of anilines is 1. The van der Waals surface area contributed by atoms with E-state index in [0.717, 1.165) is 16.8 Å². The fourth-order valence-electron chi connectivity index (χ4n) is 3.55. The number of fused-ring (bicyclic) bond motifs is 1. The van der Waals surface area contributed by atoms with Crippen LogP contribution in [0, 0.1) is 0 Å². The van der Waals surface area contributed by atoms with Gasteiger partial charge in [-0.15, -0.1) is 11.3 Å². The Bertz CT molecular complexity index is 1090. The number of aromatic nitrogens is 4. The standard InChI is InChI=1S/C20H25N7O3S/c1-3-12(2)22-16-10-15(18(28)26-6-4-13(5-7-26)23-20(29)30)24-17(25-16)14-11-21-27-8-9-31-19(14)27/h8-13,23H,3-7H2,1-2H3,(H,29,30)(H,22,24,25)/t12-/m1/s1. The molecule has 31 heavy (non-hydrogen) atoms. The second-order valence-electron chi connectivity index (χ2n) is 7.64. The average molecular weight is 444 g/mol. The fraction of sp³-hybridized carbons (Fsp3) is 0.450. The van der Waals surface area contributed by atoms with Crippen molar-refractivity contribution in [1.29, 1.82) is 0 Å². The van der Waals surface area contributed by atoms with Crippen molar-refractivity contribution in [3.63, 3.8) is 0 Å². The summed E-state index contributed by atoms with van der Waals surface area (Å²) < 4.78 is 1.76. The second kappa shape index (κ2) is 8.88. The first-order chi connectivity index (χ1) is 14.9. The third-order valence-electron chi connectivity index (χ3n) is 5.43. The van der Waals surface area contributed by atoms with Crippen LogP contribution in [-0.2, 0) is 0 Å². The Kier molecular flexibility index (Phi) is 6.03. The highest BCUT2D eigenvalue weighted by molar-refractivity contribution is 7.16. The smallest absolute Gasteiger partial charge is 0.404 e. The molecular weight excluding hydrogens is 418 g/mol. The van der Waals surface area contributed by atoms with Crippen LogP contribution in [0.1, 0.15) is 43.6 Å². The van der Waals surface area contributed by atoms with E-state index in [-0.39, 0.29) is 18.0 Å². The zero-order valence-electron chi connectivity index (χ0n) is 17.4. The van der Waals surface area contributed by atoms with Crippen molar-refractivity contribution in [2.75, 3.05) is 18.4 Å². The van der Waals surface area contributed by atoms with Crippen LogP contribution in [-0.4, -0.2) is 66.8 Å². The molecule has 4 rings (SSSR count). The lowest BCUT2D eigenvalue weighted by molar-refractivity contribution is 0.0700. The Hall–Kier alpha value is -3.21. The monoisotopic (exact) mass is 443 g/mol. The van der Waals surface area contributed by atoms with E-state index < -0.39 is 6.09 Å². The van der Waals surface area contributed by atoms with Crippen LogP contribution in [0.5, 0.6) is 0 Å². The van der Waals surface area contributed by atoms with Crippen molar-refractivity contribution in [2.24, 2.45) is 0 Å². The molecule has 3 N–H and O–H groups in total. The van der Waals surface area contributed by atoms with Gasteiger partial charge in [0.05, 0.1) is 11.8 Å². The van der Waals surface area contributed by atoms with Gasteiger partial charge in [-0.3, -0.25) is 4.79 Å². The van der Waals surface area contributed by atoms with Crippen LogP contribution < -0.4 is 10.6 Å². The van der Waals surface area contributed by atoms with Crippen LogP contribution >= 0.6 is 11.3 Å². The molecule has 11 heteroatoms. The highest BCUT2D eigenvalue weighted by Gasteiger charge is 2.26. The van der Waals surface area contributed by atoms with Gasteiger partial charge in [-0.25, -0.2) is 19.3 Å². The van der Waals surface area contributed by atoms with Crippen molar-refractivity contribution >= 4 is 34.0 Å². The van der Waals surface area contributed by atoms with Crippen LogP contribution in [0.2, 0.25) is 0 Å². The van der Waals surface area contributed by atoms with E-state index in [1.54, 1.807) is 21.7 Å².